The minimum Gasteiger partial charge on any atom is -0.325 e. The highest BCUT2D eigenvalue weighted by atomic mass is 32.2. The van der Waals surface area contributed by atoms with E-state index in [0.717, 1.165) is 17.0 Å². The van der Waals surface area contributed by atoms with E-state index in [-0.39, 0.29) is 5.91 Å². The van der Waals surface area contributed by atoms with Crippen LogP contribution < -0.4 is 5.32 Å². The smallest absolute Gasteiger partial charge is 0.234 e. The zero-order chi connectivity index (χ0) is 12.8. The van der Waals surface area contributed by atoms with Gasteiger partial charge in [0.25, 0.3) is 0 Å². The van der Waals surface area contributed by atoms with E-state index < -0.39 is 0 Å². The molecule has 94 valence electrons. The summed E-state index contributed by atoms with van der Waals surface area (Å²) in [5, 5.41) is 2.95. The Morgan fingerprint density at radius 1 is 1.35 bits per heavy atom. The molecular formula is C14H21NOS. The van der Waals surface area contributed by atoms with Crippen LogP contribution in [0.4, 0.5) is 5.69 Å². The van der Waals surface area contributed by atoms with Gasteiger partial charge >= 0.3 is 0 Å². The molecule has 0 unspecified atom stereocenters. The number of thioether (sulfide) groups is 1. The van der Waals surface area contributed by atoms with Gasteiger partial charge in [-0.15, -0.1) is 0 Å². The zero-order valence-electron chi connectivity index (χ0n) is 11.0. The van der Waals surface area contributed by atoms with E-state index in [0.29, 0.717) is 11.7 Å². The summed E-state index contributed by atoms with van der Waals surface area (Å²) >= 11 is 1.69. The van der Waals surface area contributed by atoms with E-state index in [4.69, 9.17) is 0 Å². The third-order valence-corrected chi connectivity index (χ3v) is 3.71. The van der Waals surface area contributed by atoms with Gasteiger partial charge in [0.15, 0.2) is 0 Å². The van der Waals surface area contributed by atoms with Crippen molar-refractivity contribution in [2.75, 3.05) is 16.8 Å². The molecule has 3 heteroatoms. The lowest BCUT2D eigenvalue weighted by Gasteiger charge is -2.09. The first-order chi connectivity index (χ1) is 7.99. The Morgan fingerprint density at radius 2 is 2.06 bits per heavy atom. The van der Waals surface area contributed by atoms with E-state index in [1.165, 1.54) is 5.56 Å². The van der Waals surface area contributed by atoms with Crippen molar-refractivity contribution in [3.05, 3.63) is 29.3 Å². The lowest BCUT2D eigenvalue weighted by molar-refractivity contribution is -0.113. The van der Waals surface area contributed by atoms with Crippen LogP contribution in [0.25, 0.3) is 0 Å². The van der Waals surface area contributed by atoms with Crippen LogP contribution in [0.15, 0.2) is 18.2 Å². The normalized spacial score (nSPS) is 10.6. The molecule has 17 heavy (non-hydrogen) atoms. The van der Waals surface area contributed by atoms with Crippen molar-refractivity contribution < 1.29 is 4.79 Å². The monoisotopic (exact) mass is 251 g/mol. The van der Waals surface area contributed by atoms with Gasteiger partial charge in [-0.1, -0.05) is 31.5 Å². The maximum absolute atomic E-state index is 11.7. The summed E-state index contributed by atoms with van der Waals surface area (Å²) in [6.07, 6.45) is 0. The van der Waals surface area contributed by atoms with Crippen LogP contribution in [0.1, 0.15) is 25.0 Å². The fourth-order valence-corrected chi connectivity index (χ4v) is 2.37. The van der Waals surface area contributed by atoms with Crippen LogP contribution in [0, 0.1) is 19.8 Å². The molecule has 0 saturated carbocycles. The summed E-state index contributed by atoms with van der Waals surface area (Å²) in [6.45, 7) is 8.39. The van der Waals surface area contributed by atoms with Crippen molar-refractivity contribution in [2.24, 2.45) is 5.92 Å². The van der Waals surface area contributed by atoms with Crippen LogP contribution in [-0.2, 0) is 4.79 Å². The maximum Gasteiger partial charge on any atom is 0.234 e. The van der Waals surface area contributed by atoms with Crippen molar-refractivity contribution >= 4 is 23.4 Å². The van der Waals surface area contributed by atoms with Crippen LogP contribution in [-0.4, -0.2) is 17.4 Å². The van der Waals surface area contributed by atoms with Crippen molar-refractivity contribution in [1.82, 2.24) is 0 Å². The molecule has 1 aromatic carbocycles. The lowest BCUT2D eigenvalue weighted by Crippen LogP contribution is -2.15. The summed E-state index contributed by atoms with van der Waals surface area (Å²) in [4.78, 5) is 11.7. The van der Waals surface area contributed by atoms with Gasteiger partial charge in [0, 0.05) is 5.69 Å². The third kappa shape index (κ3) is 5.26. The highest BCUT2D eigenvalue weighted by molar-refractivity contribution is 7.99. The zero-order valence-corrected chi connectivity index (χ0v) is 11.9. The Hall–Kier alpha value is -0.960. The quantitative estimate of drug-likeness (QED) is 0.865. The van der Waals surface area contributed by atoms with Gasteiger partial charge in [-0.05, 0) is 37.1 Å². The molecule has 0 aliphatic carbocycles. The molecule has 0 aliphatic rings. The summed E-state index contributed by atoms with van der Waals surface area (Å²) < 4.78 is 0. The number of carbonyl (C=O) groups excluding carboxylic acids is 1. The molecule has 0 bridgehead atoms. The van der Waals surface area contributed by atoms with E-state index in [1.54, 1.807) is 11.8 Å². The average Bonchev–Trinajstić information content (AvgIpc) is 2.21. The van der Waals surface area contributed by atoms with E-state index >= 15 is 0 Å². The van der Waals surface area contributed by atoms with Gasteiger partial charge in [-0.25, -0.2) is 0 Å². The van der Waals surface area contributed by atoms with Crippen LogP contribution in [0.3, 0.4) is 0 Å². The topological polar surface area (TPSA) is 29.1 Å². The summed E-state index contributed by atoms with van der Waals surface area (Å²) in [7, 11) is 0. The number of amides is 1. The highest BCUT2D eigenvalue weighted by Crippen LogP contribution is 2.16. The molecule has 0 saturated heterocycles. The van der Waals surface area contributed by atoms with Gasteiger partial charge in [0.2, 0.25) is 5.91 Å². The second kappa shape index (κ2) is 6.70. The molecular weight excluding hydrogens is 230 g/mol. The first-order valence-electron chi connectivity index (χ1n) is 5.94. The number of nitrogens with one attached hydrogen (secondary N) is 1. The minimum absolute atomic E-state index is 0.0857. The Kier molecular flexibility index (Phi) is 5.56. The second-order valence-corrected chi connectivity index (χ2v) is 5.81. The lowest BCUT2D eigenvalue weighted by atomic mass is 10.1. The Labute approximate surface area is 108 Å². The Morgan fingerprint density at radius 3 is 2.65 bits per heavy atom. The molecule has 0 fully saturated rings. The molecule has 0 aromatic heterocycles. The summed E-state index contributed by atoms with van der Waals surface area (Å²) in [5.41, 5.74) is 3.26. The first kappa shape index (κ1) is 14.1. The van der Waals surface area contributed by atoms with Crippen LogP contribution >= 0.6 is 11.8 Å². The predicted octanol–water partition coefficient (Wildman–Crippen LogP) is 3.63. The Bertz CT molecular complexity index is 388. The van der Waals surface area contributed by atoms with Crippen molar-refractivity contribution in [3.63, 3.8) is 0 Å². The molecule has 0 atom stereocenters. The van der Waals surface area contributed by atoms with Gasteiger partial charge in [0.05, 0.1) is 5.75 Å². The molecule has 0 radical (unpaired) electrons. The molecule has 0 heterocycles. The largest absolute Gasteiger partial charge is 0.325 e. The predicted molar refractivity (Wildman–Crippen MR) is 76.7 cm³/mol. The van der Waals surface area contributed by atoms with Crippen LogP contribution in [0.5, 0.6) is 0 Å². The van der Waals surface area contributed by atoms with Crippen molar-refractivity contribution in [1.29, 1.82) is 0 Å². The molecule has 1 amide bonds. The van der Waals surface area contributed by atoms with Gasteiger partial charge in [0.1, 0.15) is 0 Å². The highest BCUT2D eigenvalue weighted by Gasteiger charge is 2.05. The maximum atomic E-state index is 11.7. The van der Waals surface area contributed by atoms with Crippen LogP contribution in [0.2, 0.25) is 0 Å². The minimum atomic E-state index is 0.0857. The van der Waals surface area contributed by atoms with Gasteiger partial charge < -0.3 is 5.32 Å². The second-order valence-electron chi connectivity index (χ2n) is 4.78. The SMILES string of the molecule is Cc1ccc(NC(=O)CSCC(C)C)c(C)c1. The number of benzene rings is 1. The standard InChI is InChI=1S/C14H21NOS/c1-10(2)8-17-9-14(16)15-13-6-5-11(3)7-12(13)4/h5-7,10H,8-9H2,1-4H3,(H,15,16). The number of anilines is 1. The number of rotatable bonds is 5. The third-order valence-electron chi connectivity index (χ3n) is 2.34. The molecule has 1 N–H and O–H groups in total. The molecule has 0 spiro atoms. The molecule has 2 nitrogen and oxygen atoms in total. The van der Waals surface area contributed by atoms with Gasteiger partial charge in [-0.3, -0.25) is 4.79 Å². The fraction of sp³-hybridized carbons (Fsp3) is 0.500. The van der Waals surface area contributed by atoms with Crippen molar-refractivity contribution in [3.8, 4) is 0 Å². The Balaban J connectivity index is 2.45. The number of hydrogen-bond donors (Lipinski definition) is 1. The molecule has 1 aromatic rings. The van der Waals surface area contributed by atoms with E-state index in [1.807, 2.05) is 19.1 Å². The summed E-state index contributed by atoms with van der Waals surface area (Å²) in [6, 6.07) is 6.07. The number of carbonyl (C=O) groups is 1. The molecule has 1 rings (SSSR count). The van der Waals surface area contributed by atoms with E-state index in [2.05, 4.69) is 32.2 Å². The van der Waals surface area contributed by atoms with Gasteiger partial charge in [-0.2, -0.15) is 11.8 Å². The number of hydrogen-bond acceptors (Lipinski definition) is 2. The number of aryl methyl sites for hydroxylation is 2. The summed E-state index contributed by atoms with van der Waals surface area (Å²) in [5.74, 6) is 2.28. The fourth-order valence-electron chi connectivity index (χ4n) is 1.53. The first-order valence-corrected chi connectivity index (χ1v) is 7.09. The molecule has 0 aliphatic heterocycles. The van der Waals surface area contributed by atoms with Crippen molar-refractivity contribution in [2.45, 2.75) is 27.7 Å². The average molecular weight is 251 g/mol. The van der Waals surface area contributed by atoms with E-state index in [9.17, 15) is 4.79 Å².